The lowest BCUT2D eigenvalue weighted by molar-refractivity contribution is 0.0483. The van der Waals surface area contributed by atoms with Gasteiger partial charge in [-0.2, -0.15) is 0 Å². The molecule has 2 saturated heterocycles. The molecule has 2 fully saturated rings. The van der Waals surface area contributed by atoms with E-state index in [9.17, 15) is 4.79 Å². The molecule has 0 aromatic heterocycles. The molecule has 2 aliphatic heterocycles. The van der Waals surface area contributed by atoms with Crippen molar-refractivity contribution in [3.8, 4) is 0 Å². The van der Waals surface area contributed by atoms with Gasteiger partial charge in [-0.25, -0.2) is 0 Å². The predicted octanol–water partition coefficient (Wildman–Crippen LogP) is 0.365. The third-order valence-corrected chi connectivity index (χ3v) is 5.25. The number of rotatable bonds is 5. The number of aryl methyl sites for hydroxylation is 1. The first-order valence-electron chi connectivity index (χ1n) is 8.96. The van der Waals surface area contributed by atoms with E-state index < -0.39 is 5.91 Å². The number of benzene rings is 1. The van der Waals surface area contributed by atoms with E-state index in [4.69, 9.17) is 10.5 Å². The molecule has 7 nitrogen and oxygen atoms in total. The molecule has 4 unspecified atom stereocenters. The van der Waals surface area contributed by atoms with Gasteiger partial charge in [-0.1, -0.05) is 6.07 Å². The zero-order valence-corrected chi connectivity index (χ0v) is 15.0. The van der Waals surface area contributed by atoms with Gasteiger partial charge in [0, 0.05) is 30.9 Å². The molecule has 0 bridgehead atoms. The minimum Gasteiger partial charge on any atom is -0.380 e. The van der Waals surface area contributed by atoms with Gasteiger partial charge in [0.15, 0.2) is 0 Å². The summed E-state index contributed by atoms with van der Waals surface area (Å²) in [4.78, 5) is 11.4. The Labute approximate surface area is 149 Å². The molecule has 6 N–H and O–H groups in total. The molecule has 1 aromatic rings. The Balaban J connectivity index is 1.64. The minimum absolute atomic E-state index is 0.0384. The molecule has 7 heteroatoms. The highest BCUT2D eigenvalue weighted by Gasteiger charge is 2.31. The van der Waals surface area contributed by atoms with E-state index >= 15 is 0 Å². The Morgan fingerprint density at radius 2 is 2.20 bits per heavy atom. The van der Waals surface area contributed by atoms with Gasteiger partial charge in [-0.15, -0.1) is 0 Å². The first-order chi connectivity index (χ1) is 12.1. The first kappa shape index (κ1) is 18.1. The van der Waals surface area contributed by atoms with Crippen molar-refractivity contribution in [3.05, 3.63) is 29.3 Å². The van der Waals surface area contributed by atoms with Crippen LogP contribution in [-0.4, -0.2) is 51.1 Å². The number of hydrogen-bond donors (Lipinski definition) is 5. The summed E-state index contributed by atoms with van der Waals surface area (Å²) in [7, 11) is 1.78. The Kier molecular flexibility index (Phi) is 5.90. The van der Waals surface area contributed by atoms with Gasteiger partial charge in [-0.05, 0) is 56.5 Å². The minimum atomic E-state index is -0.413. The third-order valence-electron chi connectivity index (χ3n) is 5.25. The number of primary amides is 1. The highest BCUT2D eigenvalue weighted by Crippen LogP contribution is 2.22. The fourth-order valence-corrected chi connectivity index (χ4v) is 3.71. The van der Waals surface area contributed by atoms with E-state index in [1.165, 1.54) is 0 Å². The van der Waals surface area contributed by atoms with Gasteiger partial charge in [0.2, 0.25) is 5.91 Å². The van der Waals surface area contributed by atoms with Crippen molar-refractivity contribution in [3.63, 3.8) is 0 Å². The van der Waals surface area contributed by atoms with Crippen LogP contribution >= 0.6 is 0 Å². The summed E-state index contributed by atoms with van der Waals surface area (Å²) in [5.41, 5.74) is 7.90. The number of anilines is 1. The lowest BCUT2D eigenvalue weighted by Crippen LogP contribution is -2.61. The lowest BCUT2D eigenvalue weighted by atomic mass is 9.87. The van der Waals surface area contributed by atoms with E-state index in [-0.39, 0.29) is 12.4 Å². The molecule has 25 heavy (non-hydrogen) atoms. The van der Waals surface area contributed by atoms with Crippen molar-refractivity contribution in [1.29, 1.82) is 0 Å². The van der Waals surface area contributed by atoms with E-state index in [0.29, 0.717) is 17.5 Å². The van der Waals surface area contributed by atoms with Gasteiger partial charge in [0.25, 0.3) is 0 Å². The second kappa shape index (κ2) is 8.14. The molecule has 2 aliphatic rings. The van der Waals surface area contributed by atoms with Crippen molar-refractivity contribution < 1.29 is 9.53 Å². The normalized spacial score (nSPS) is 30.0. The molecule has 0 aliphatic carbocycles. The van der Waals surface area contributed by atoms with Crippen molar-refractivity contribution in [2.24, 2.45) is 11.7 Å². The van der Waals surface area contributed by atoms with Crippen LogP contribution in [0.2, 0.25) is 0 Å². The Bertz CT molecular complexity index is 609. The summed E-state index contributed by atoms with van der Waals surface area (Å²) in [6.45, 7) is 4.90. The molecule has 138 valence electrons. The van der Waals surface area contributed by atoms with Crippen LogP contribution in [0.15, 0.2) is 18.2 Å². The van der Waals surface area contributed by atoms with Crippen LogP contribution in [0, 0.1) is 12.8 Å². The quantitative estimate of drug-likeness (QED) is 0.528. The second-order valence-corrected chi connectivity index (χ2v) is 7.00. The van der Waals surface area contributed by atoms with Crippen molar-refractivity contribution in [2.45, 2.75) is 38.2 Å². The summed E-state index contributed by atoms with van der Waals surface area (Å²) in [5.74, 6) is 0.132. The number of ether oxygens (including phenoxy) is 1. The zero-order chi connectivity index (χ0) is 17.8. The van der Waals surface area contributed by atoms with Gasteiger partial charge >= 0.3 is 0 Å². The highest BCUT2D eigenvalue weighted by molar-refractivity contribution is 5.94. The van der Waals surface area contributed by atoms with E-state index in [1.54, 1.807) is 13.2 Å². The Hall–Kier alpha value is -1.67. The zero-order valence-electron chi connectivity index (χ0n) is 15.0. The standard InChI is InChI=1S/C18H29N5O2/c1-11-3-4-12(17(19)24)8-16(11)23-18-21-6-5-15(22-18)13-7-14(25-2)10-20-9-13/h3-4,8,13-15,18,20-23H,5-7,9-10H2,1-2H3,(H2,19,24). The lowest BCUT2D eigenvalue weighted by Gasteiger charge is -2.40. The number of methoxy groups -OCH3 is 1. The molecular formula is C18H29N5O2. The molecule has 0 saturated carbocycles. The smallest absolute Gasteiger partial charge is 0.248 e. The van der Waals surface area contributed by atoms with Crippen molar-refractivity contribution in [2.75, 3.05) is 32.1 Å². The Morgan fingerprint density at radius 1 is 1.36 bits per heavy atom. The fourth-order valence-electron chi connectivity index (χ4n) is 3.71. The summed E-state index contributed by atoms with van der Waals surface area (Å²) >= 11 is 0. The van der Waals surface area contributed by atoms with Crippen molar-refractivity contribution >= 4 is 11.6 Å². The molecule has 1 aromatic carbocycles. The number of carbonyl (C=O) groups is 1. The molecule has 1 amide bonds. The summed E-state index contributed by atoms with van der Waals surface area (Å²) in [6, 6.07) is 5.90. The Morgan fingerprint density at radius 3 is 2.96 bits per heavy atom. The van der Waals surface area contributed by atoms with E-state index in [0.717, 1.165) is 43.7 Å². The highest BCUT2D eigenvalue weighted by atomic mass is 16.5. The fraction of sp³-hybridized carbons (Fsp3) is 0.611. The number of carbonyl (C=O) groups excluding carboxylic acids is 1. The molecule has 0 spiro atoms. The first-order valence-corrected chi connectivity index (χ1v) is 8.96. The number of nitrogens with two attached hydrogens (primary N) is 1. The van der Waals surface area contributed by atoms with Gasteiger partial charge in [-0.3, -0.25) is 15.4 Å². The second-order valence-electron chi connectivity index (χ2n) is 7.00. The molecule has 3 rings (SSSR count). The molecular weight excluding hydrogens is 318 g/mol. The molecule has 0 radical (unpaired) electrons. The SMILES string of the molecule is COC1CNCC(C2CCNC(Nc3cc(C(N)=O)ccc3C)N2)C1. The number of piperidine rings is 1. The maximum absolute atomic E-state index is 11.4. The van der Waals surface area contributed by atoms with Crippen LogP contribution in [-0.2, 0) is 4.74 Å². The average molecular weight is 347 g/mol. The summed E-state index contributed by atoms with van der Waals surface area (Å²) in [6.07, 6.45) is 2.41. The molecule has 2 heterocycles. The van der Waals surface area contributed by atoms with E-state index in [2.05, 4.69) is 21.3 Å². The van der Waals surface area contributed by atoms with Gasteiger partial charge in [0.05, 0.1) is 6.10 Å². The molecule has 4 atom stereocenters. The monoisotopic (exact) mass is 347 g/mol. The summed E-state index contributed by atoms with van der Waals surface area (Å²) in [5, 5.41) is 14.0. The average Bonchev–Trinajstić information content (AvgIpc) is 2.63. The van der Waals surface area contributed by atoms with E-state index in [1.807, 2.05) is 19.1 Å². The van der Waals surface area contributed by atoms with Gasteiger partial charge < -0.3 is 21.1 Å². The third kappa shape index (κ3) is 4.49. The number of nitrogens with one attached hydrogen (secondary N) is 4. The van der Waals surface area contributed by atoms with Crippen LogP contribution in [0.5, 0.6) is 0 Å². The van der Waals surface area contributed by atoms with Crippen molar-refractivity contribution in [1.82, 2.24) is 16.0 Å². The van der Waals surface area contributed by atoms with Crippen LogP contribution in [0.1, 0.15) is 28.8 Å². The summed E-state index contributed by atoms with van der Waals surface area (Å²) < 4.78 is 5.52. The van der Waals surface area contributed by atoms with Crippen LogP contribution in [0.3, 0.4) is 0 Å². The number of hydrogen-bond acceptors (Lipinski definition) is 6. The largest absolute Gasteiger partial charge is 0.380 e. The maximum atomic E-state index is 11.4. The van der Waals surface area contributed by atoms with Gasteiger partial charge in [0.1, 0.15) is 6.29 Å². The van der Waals surface area contributed by atoms with Crippen LogP contribution in [0.4, 0.5) is 5.69 Å². The maximum Gasteiger partial charge on any atom is 0.248 e. The number of amides is 1. The predicted molar refractivity (Wildman–Crippen MR) is 98.4 cm³/mol. The van der Waals surface area contributed by atoms with Crippen LogP contribution in [0.25, 0.3) is 0 Å². The van der Waals surface area contributed by atoms with Crippen LogP contribution < -0.4 is 27.0 Å². The topological polar surface area (TPSA) is 100 Å².